The molecular weight excluding hydrogens is 318 g/mol. The van der Waals surface area contributed by atoms with E-state index < -0.39 is 0 Å². The Hall–Kier alpha value is -2.89. The average Bonchev–Trinajstić information content (AvgIpc) is 2.64. The topological polar surface area (TPSA) is 71.5 Å². The van der Waals surface area contributed by atoms with Crippen LogP contribution in [-0.4, -0.2) is 41.4 Å². The van der Waals surface area contributed by atoms with Crippen LogP contribution >= 0.6 is 0 Å². The van der Waals surface area contributed by atoms with Gasteiger partial charge in [-0.1, -0.05) is 18.2 Å². The summed E-state index contributed by atoms with van der Waals surface area (Å²) in [6.07, 6.45) is 0. The first-order valence-electron chi connectivity index (χ1n) is 8.40. The number of ether oxygens (including phenoxy) is 1. The number of nitrogens with zero attached hydrogens (tertiary/aromatic N) is 2. The fraction of sp³-hybridized carbons (Fsp3) is 0.316. The summed E-state index contributed by atoms with van der Waals surface area (Å²) in [6, 6.07) is 12.0. The van der Waals surface area contributed by atoms with Crippen LogP contribution in [0.15, 0.2) is 42.5 Å². The highest BCUT2D eigenvalue weighted by Crippen LogP contribution is 2.24. The maximum Gasteiger partial charge on any atom is 0.274 e. The van der Waals surface area contributed by atoms with Crippen LogP contribution in [0, 0.1) is 0 Å². The van der Waals surface area contributed by atoms with Gasteiger partial charge in [-0.15, -0.1) is 0 Å². The Labute approximate surface area is 147 Å². The van der Waals surface area contributed by atoms with Crippen LogP contribution in [0.25, 0.3) is 0 Å². The van der Waals surface area contributed by atoms with E-state index in [0.717, 1.165) is 0 Å². The van der Waals surface area contributed by atoms with Gasteiger partial charge in [0.05, 0.1) is 12.3 Å². The number of hydrogen-bond donors (Lipinski definition) is 1. The van der Waals surface area contributed by atoms with Crippen molar-refractivity contribution in [3.8, 4) is 5.75 Å². The van der Waals surface area contributed by atoms with Crippen LogP contribution in [0.2, 0.25) is 0 Å². The number of carbonyl (C=O) groups is 2. The van der Waals surface area contributed by atoms with Crippen LogP contribution in [-0.2, 0) is 0 Å². The normalized spacial score (nSPS) is 10.2. The maximum atomic E-state index is 12.5. The zero-order valence-corrected chi connectivity index (χ0v) is 14.8. The fourth-order valence-corrected chi connectivity index (χ4v) is 2.39. The molecular formula is C19H23N3O3. The number of rotatable bonds is 7. The highest BCUT2D eigenvalue weighted by molar-refractivity contribution is 6.04. The van der Waals surface area contributed by atoms with Crippen molar-refractivity contribution in [3.63, 3.8) is 0 Å². The molecule has 1 N–H and O–H groups in total. The summed E-state index contributed by atoms with van der Waals surface area (Å²) in [5.74, 6) is 0.0180. The molecule has 0 radical (unpaired) electrons. The molecule has 2 aromatic rings. The van der Waals surface area contributed by atoms with Crippen LogP contribution in [0.5, 0.6) is 5.75 Å². The van der Waals surface area contributed by atoms with Gasteiger partial charge < -0.3 is 15.0 Å². The van der Waals surface area contributed by atoms with Crippen LogP contribution in [0.4, 0.5) is 5.69 Å². The van der Waals surface area contributed by atoms with Gasteiger partial charge >= 0.3 is 0 Å². The molecule has 2 amide bonds. The van der Waals surface area contributed by atoms with Crippen molar-refractivity contribution in [1.82, 2.24) is 9.88 Å². The Morgan fingerprint density at radius 3 is 2.36 bits per heavy atom. The Balaban J connectivity index is 2.21. The number of pyridine rings is 1. The lowest BCUT2D eigenvalue weighted by molar-refractivity contribution is 0.0767. The second kappa shape index (κ2) is 8.82. The second-order valence-corrected chi connectivity index (χ2v) is 5.27. The fourth-order valence-electron chi connectivity index (χ4n) is 2.39. The van der Waals surface area contributed by atoms with E-state index in [0.29, 0.717) is 31.1 Å². The van der Waals surface area contributed by atoms with E-state index in [4.69, 9.17) is 4.74 Å². The molecule has 132 valence electrons. The smallest absolute Gasteiger partial charge is 0.274 e. The summed E-state index contributed by atoms with van der Waals surface area (Å²) >= 11 is 0. The molecule has 0 aliphatic heterocycles. The van der Waals surface area contributed by atoms with Gasteiger partial charge in [-0.05, 0) is 45.0 Å². The largest absolute Gasteiger partial charge is 0.492 e. The van der Waals surface area contributed by atoms with Gasteiger partial charge in [0.25, 0.3) is 11.8 Å². The van der Waals surface area contributed by atoms with Gasteiger partial charge in [0.2, 0.25) is 0 Å². The molecule has 0 aliphatic rings. The highest BCUT2D eigenvalue weighted by Gasteiger charge is 2.17. The summed E-state index contributed by atoms with van der Waals surface area (Å²) < 4.78 is 5.50. The Kier molecular flexibility index (Phi) is 6.51. The number of anilines is 1. The molecule has 0 spiro atoms. The Morgan fingerprint density at radius 2 is 1.68 bits per heavy atom. The van der Waals surface area contributed by atoms with Crippen molar-refractivity contribution >= 4 is 17.5 Å². The molecule has 0 atom stereocenters. The van der Waals surface area contributed by atoms with E-state index in [-0.39, 0.29) is 23.2 Å². The predicted octanol–water partition coefficient (Wildman–Crippen LogP) is 3.21. The molecule has 1 aromatic carbocycles. The van der Waals surface area contributed by atoms with Crippen molar-refractivity contribution < 1.29 is 14.3 Å². The van der Waals surface area contributed by atoms with Gasteiger partial charge in [0.1, 0.15) is 17.1 Å². The first-order chi connectivity index (χ1) is 12.1. The summed E-state index contributed by atoms with van der Waals surface area (Å²) in [4.78, 5) is 30.8. The molecule has 2 rings (SSSR count). The summed E-state index contributed by atoms with van der Waals surface area (Å²) in [6.45, 7) is 7.37. The van der Waals surface area contributed by atoms with Crippen LogP contribution < -0.4 is 10.1 Å². The van der Waals surface area contributed by atoms with Crippen molar-refractivity contribution in [3.05, 3.63) is 53.9 Å². The highest BCUT2D eigenvalue weighted by atomic mass is 16.5. The third kappa shape index (κ3) is 4.56. The number of benzene rings is 1. The SMILES string of the molecule is CCOc1ccccc1NC(=O)c1cccc(C(=O)N(CC)CC)n1. The quantitative estimate of drug-likeness (QED) is 0.839. The zero-order chi connectivity index (χ0) is 18.2. The molecule has 1 aromatic heterocycles. The number of hydrogen-bond acceptors (Lipinski definition) is 4. The van der Waals surface area contributed by atoms with Crippen molar-refractivity contribution in [2.45, 2.75) is 20.8 Å². The molecule has 25 heavy (non-hydrogen) atoms. The molecule has 0 saturated carbocycles. The first-order valence-corrected chi connectivity index (χ1v) is 8.40. The van der Waals surface area contributed by atoms with E-state index in [1.54, 1.807) is 35.2 Å². The van der Waals surface area contributed by atoms with Gasteiger partial charge in [-0.25, -0.2) is 4.98 Å². The second-order valence-electron chi connectivity index (χ2n) is 5.27. The summed E-state index contributed by atoms with van der Waals surface area (Å²) in [7, 11) is 0. The molecule has 0 fully saturated rings. The minimum Gasteiger partial charge on any atom is -0.492 e. The molecule has 1 heterocycles. The molecule has 0 saturated heterocycles. The number of amides is 2. The number of nitrogens with one attached hydrogen (secondary N) is 1. The van der Waals surface area contributed by atoms with E-state index in [9.17, 15) is 9.59 Å². The third-order valence-electron chi connectivity index (χ3n) is 3.69. The Bertz CT molecular complexity index is 742. The number of aromatic nitrogens is 1. The van der Waals surface area contributed by atoms with Gasteiger partial charge in [-0.3, -0.25) is 9.59 Å². The minimum absolute atomic E-state index is 0.185. The number of carbonyl (C=O) groups excluding carboxylic acids is 2. The third-order valence-corrected chi connectivity index (χ3v) is 3.69. The molecule has 0 bridgehead atoms. The standard InChI is InChI=1S/C19H23N3O3/c1-4-22(5-2)19(24)16-12-9-11-15(20-16)18(23)21-14-10-7-8-13-17(14)25-6-3/h7-13H,4-6H2,1-3H3,(H,21,23). The molecule has 6 nitrogen and oxygen atoms in total. The molecule has 6 heteroatoms. The van der Waals surface area contributed by atoms with Crippen molar-refractivity contribution in [1.29, 1.82) is 0 Å². The Morgan fingerprint density at radius 1 is 1.00 bits per heavy atom. The van der Waals surface area contributed by atoms with Crippen LogP contribution in [0.1, 0.15) is 41.7 Å². The molecule has 0 aliphatic carbocycles. The summed E-state index contributed by atoms with van der Waals surface area (Å²) in [5.41, 5.74) is 1.01. The van der Waals surface area contributed by atoms with Gasteiger partial charge in [0, 0.05) is 13.1 Å². The van der Waals surface area contributed by atoms with E-state index >= 15 is 0 Å². The van der Waals surface area contributed by atoms with Crippen molar-refractivity contribution in [2.75, 3.05) is 25.0 Å². The molecule has 0 unspecified atom stereocenters. The lowest BCUT2D eigenvalue weighted by atomic mass is 10.2. The van der Waals surface area contributed by atoms with Crippen molar-refractivity contribution in [2.24, 2.45) is 0 Å². The summed E-state index contributed by atoms with van der Waals surface area (Å²) in [5, 5.41) is 2.78. The average molecular weight is 341 g/mol. The van der Waals surface area contributed by atoms with Crippen LogP contribution in [0.3, 0.4) is 0 Å². The van der Waals surface area contributed by atoms with Gasteiger partial charge in [-0.2, -0.15) is 0 Å². The van der Waals surface area contributed by atoms with E-state index in [1.807, 2.05) is 32.9 Å². The first kappa shape index (κ1) is 18.4. The lowest BCUT2D eigenvalue weighted by Crippen LogP contribution is -2.31. The monoisotopic (exact) mass is 341 g/mol. The van der Waals surface area contributed by atoms with Gasteiger partial charge in [0.15, 0.2) is 0 Å². The minimum atomic E-state index is -0.388. The predicted molar refractivity (Wildman–Crippen MR) is 97.1 cm³/mol. The van der Waals surface area contributed by atoms with E-state index in [2.05, 4.69) is 10.3 Å². The van der Waals surface area contributed by atoms with E-state index in [1.165, 1.54) is 0 Å². The zero-order valence-electron chi connectivity index (χ0n) is 14.8. The maximum absolute atomic E-state index is 12.5. The number of para-hydroxylation sites is 2. The lowest BCUT2D eigenvalue weighted by Gasteiger charge is -2.18.